The van der Waals surface area contributed by atoms with Crippen LogP contribution in [0.5, 0.6) is 0 Å². The molecule has 5 nitrogen and oxygen atoms in total. The van der Waals surface area contributed by atoms with Crippen LogP contribution in [0.1, 0.15) is 24.7 Å². The summed E-state index contributed by atoms with van der Waals surface area (Å²) in [5, 5.41) is 4.70. The summed E-state index contributed by atoms with van der Waals surface area (Å²) in [7, 11) is 0. The summed E-state index contributed by atoms with van der Waals surface area (Å²) in [6.07, 6.45) is 4.85. The second-order valence-corrected chi connectivity index (χ2v) is 6.54. The van der Waals surface area contributed by atoms with Crippen molar-refractivity contribution in [3.8, 4) is 11.4 Å². The zero-order chi connectivity index (χ0) is 19.0. The van der Waals surface area contributed by atoms with Crippen LogP contribution in [0.3, 0.4) is 0 Å². The third-order valence-corrected chi connectivity index (χ3v) is 4.53. The molecule has 0 saturated carbocycles. The molecule has 1 aromatic carbocycles. The lowest BCUT2D eigenvalue weighted by atomic mass is 10.1. The standard InChI is InChI=1S/C19H16ClF2N5/c1-2-4-15-14(24-17-8-7-16(20)25-27(15)17)11-26-10-9-23-19(26)18-12(21)5-3-6-13(18)22/h3,5-10H,2,4,11H2,1H3. The molecule has 27 heavy (non-hydrogen) atoms. The second kappa shape index (κ2) is 7.08. The van der Waals surface area contributed by atoms with Crippen LogP contribution in [0.2, 0.25) is 5.15 Å². The van der Waals surface area contributed by atoms with Crippen molar-refractivity contribution in [2.24, 2.45) is 0 Å². The minimum atomic E-state index is -0.653. The van der Waals surface area contributed by atoms with Crippen LogP contribution in [-0.4, -0.2) is 24.1 Å². The van der Waals surface area contributed by atoms with E-state index in [0.717, 1.165) is 24.2 Å². The van der Waals surface area contributed by atoms with Gasteiger partial charge in [0.05, 0.1) is 23.5 Å². The van der Waals surface area contributed by atoms with E-state index in [0.29, 0.717) is 17.3 Å². The first kappa shape index (κ1) is 17.6. The first-order valence-electron chi connectivity index (χ1n) is 8.57. The van der Waals surface area contributed by atoms with Crippen molar-refractivity contribution in [2.45, 2.75) is 26.3 Å². The maximum Gasteiger partial charge on any atom is 0.154 e. The first-order chi connectivity index (χ1) is 13.1. The topological polar surface area (TPSA) is 48.0 Å². The highest BCUT2D eigenvalue weighted by Crippen LogP contribution is 2.26. The van der Waals surface area contributed by atoms with Gasteiger partial charge in [0.2, 0.25) is 0 Å². The van der Waals surface area contributed by atoms with Gasteiger partial charge in [0, 0.05) is 12.4 Å². The fourth-order valence-electron chi connectivity index (χ4n) is 3.15. The van der Waals surface area contributed by atoms with Crippen LogP contribution >= 0.6 is 11.6 Å². The summed E-state index contributed by atoms with van der Waals surface area (Å²) in [5.74, 6) is -1.09. The van der Waals surface area contributed by atoms with Gasteiger partial charge in [0.1, 0.15) is 22.6 Å². The van der Waals surface area contributed by atoms with Gasteiger partial charge in [0.25, 0.3) is 0 Å². The molecule has 4 rings (SSSR count). The number of imidazole rings is 2. The Labute approximate surface area is 159 Å². The van der Waals surface area contributed by atoms with E-state index >= 15 is 0 Å². The number of nitrogens with zero attached hydrogens (tertiary/aromatic N) is 5. The van der Waals surface area contributed by atoms with Gasteiger partial charge >= 0.3 is 0 Å². The number of aryl methyl sites for hydroxylation is 1. The monoisotopic (exact) mass is 387 g/mol. The number of fused-ring (bicyclic) bond motifs is 1. The molecular weight excluding hydrogens is 372 g/mol. The molecule has 0 saturated heterocycles. The lowest BCUT2D eigenvalue weighted by molar-refractivity contribution is 0.584. The number of hydrogen-bond donors (Lipinski definition) is 0. The van der Waals surface area contributed by atoms with E-state index in [1.54, 1.807) is 27.4 Å². The van der Waals surface area contributed by atoms with Crippen molar-refractivity contribution in [2.75, 3.05) is 0 Å². The third-order valence-electron chi connectivity index (χ3n) is 4.33. The van der Waals surface area contributed by atoms with E-state index in [2.05, 4.69) is 22.0 Å². The van der Waals surface area contributed by atoms with E-state index in [1.807, 2.05) is 0 Å². The van der Waals surface area contributed by atoms with Gasteiger partial charge in [-0.25, -0.2) is 23.3 Å². The zero-order valence-corrected chi connectivity index (χ0v) is 15.3. The molecule has 0 fully saturated rings. The number of benzene rings is 1. The molecular formula is C19H16ClF2N5. The van der Waals surface area contributed by atoms with Crippen molar-refractivity contribution in [3.05, 3.63) is 70.9 Å². The van der Waals surface area contributed by atoms with Crippen LogP contribution < -0.4 is 0 Å². The molecule has 3 aromatic heterocycles. The van der Waals surface area contributed by atoms with Crippen molar-refractivity contribution >= 4 is 17.2 Å². The molecule has 8 heteroatoms. The molecule has 0 unspecified atom stereocenters. The lowest BCUT2D eigenvalue weighted by Gasteiger charge is -2.09. The largest absolute Gasteiger partial charge is 0.325 e. The maximum atomic E-state index is 14.2. The first-order valence-corrected chi connectivity index (χ1v) is 8.95. The summed E-state index contributed by atoms with van der Waals surface area (Å²) in [4.78, 5) is 8.79. The number of hydrogen-bond acceptors (Lipinski definition) is 3. The van der Waals surface area contributed by atoms with Crippen molar-refractivity contribution in [1.29, 1.82) is 0 Å². The van der Waals surface area contributed by atoms with Gasteiger partial charge in [-0.05, 0) is 30.7 Å². The van der Waals surface area contributed by atoms with Gasteiger partial charge < -0.3 is 4.57 Å². The minimum absolute atomic E-state index is 0.149. The van der Waals surface area contributed by atoms with Crippen LogP contribution in [0, 0.1) is 11.6 Å². The number of halogens is 3. The SMILES string of the molecule is CCCc1c(Cn2ccnc2-c2c(F)cccc2F)nc2ccc(Cl)nn12. The Morgan fingerprint density at radius 2 is 1.89 bits per heavy atom. The smallest absolute Gasteiger partial charge is 0.154 e. The molecule has 3 heterocycles. The quantitative estimate of drug-likeness (QED) is 0.505. The van der Waals surface area contributed by atoms with Crippen molar-refractivity contribution in [1.82, 2.24) is 24.1 Å². The van der Waals surface area contributed by atoms with Gasteiger partial charge in [-0.15, -0.1) is 0 Å². The third kappa shape index (κ3) is 3.19. The predicted molar refractivity (Wildman–Crippen MR) is 98.7 cm³/mol. The zero-order valence-electron chi connectivity index (χ0n) is 14.5. The molecule has 0 aliphatic rings. The van der Waals surface area contributed by atoms with Crippen molar-refractivity contribution < 1.29 is 8.78 Å². The Kier molecular flexibility index (Phi) is 4.61. The Bertz CT molecular complexity index is 1100. The molecule has 0 aliphatic carbocycles. The molecule has 0 amide bonds. The summed E-state index contributed by atoms with van der Waals surface area (Å²) < 4.78 is 31.8. The van der Waals surface area contributed by atoms with E-state index < -0.39 is 11.6 Å². The van der Waals surface area contributed by atoms with Gasteiger partial charge in [0.15, 0.2) is 5.65 Å². The normalized spacial score (nSPS) is 11.4. The number of aromatic nitrogens is 5. The summed E-state index contributed by atoms with van der Waals surface area (Å²) in [6, 6.07) is 7.25. The average molecular weight is 388 g/mol. The highest BCUT2D eigenvalue weighted by molar-refractivity contribution is 6.29. The van der Waals surface area contributed by atoms with Crippen molar-refractivity contribution in [3.63, 3.8) is 0 Å². The second-order valence-electron chi connectivity index (χ2n) is 6.16. The fourth-order valence-corrected chi connectivity index (χ4v) is 3.29. The van der Waals surface area contributed by atoms with Crippen LogP contribution in [0.25, 0.3) is 17.0 Å². The summed E-state index contributed by atoms with van der Waals surface area (Å²) >= 11 is 6.02. The molecule has 0 spiro atoms. The molecule has 0 N–H and O–H groups in total. The molecule has 4 aromatic rings. The maximum absolute atomic E-state index is 14.2. The molecule has 0 bridgehead atoms. The highest BCUT2D eigenvalue weighted by atomic mass is 35.5. The van der Waals surface area contributed by atoms with Crippen LogP contribution in [0.15, 0.2) is 42.7 Å². The molecule has 0 aliphatic heterocycles. The molecule has 138 valence electrons. The fraction of sp³-hybridized carbons (Fsp3) is 0.211. The van der Waals surface area contributed by atoms with Crippen LogP contribution in [-0.2, 0) is 13.0 Å². The van der Waals surface area contributed by atoms with E-state index in [9.17, 15) is 8.78 Å². The van der Waals surface area contributed by atoms with Gasteiger partial charge in [-0.2, -0.15) is 5.10 Å². The van der Waals surface area contributed by atoms with Gasteiger partial charge in [-0.3, -0.25) is 0 Å². The van der Waals surface area contributed by atoms with Gasteiger partial charge in [-0.1, -0.05) is 31.0 Å². The van der Waals surface area contributed by atoms with Crippen LogP contribution in [0.4, 0.5) is 8.78 Å². The molecule has 0 atom stereocenters. The Balaban J connectivity index is 1.80. The van der Waals surface area contributed by atoms with E-state index in [-0.39, 0.29) is 11.4 Å². The predicted octanol–water partition coefficient (Wildman–Crippen LogP) is 4.53. The summed E-state index contributed by atoms with van der Waals surface area (Å²) in [6.45, 7) is 2.38. The van der Waals surface area contributed by atoms with E-state index in [4.69, 9.17) is 11.6 Å². The Hall–Kier alpha value is -2.80. The highest BCUT2D eigenvalue weighted by Gasteiger charge is 2.19. The number of rotatable bonds is 5. The molecule has 0 radical (unpaired) electrons. The average Bonchev–Trinajstić information content (AvgIpc) is 3.21. The lowest BCUT2D eigenvalue weighted by Crippen LogP contribution is -2.07. The Morgan fingerprint density at radius 3 is 2.63 bits per heavy atom. The summed E-state index contributed by atoms with van der Waals surface area (Å²) in [5.41, 5.74) is 2.22. The Morgan fingerprint density at radius 1 is 1.11 bits per heavy atom. The van der Waals surface area contributed by atoms with E-state index in [1.165, 1.54) is 24.4 Å². The minimum Gasteiger partial charge on any atom is -0.325 e.